The van der Waals surface area contributed by atoms with Gasteiger partial charge in [-0.15, -0.1) is 3.98 Å². The van der Waals surface area contributed by atoms with E-state index in [2.05, 4.69) is 5.32 Å². The lowest BCUT2D eigenvalue weighted by Crippen LogP contribution is -2.28. The average Bonchev–Trinajstić information content (AvgIpc) is 3.08. The standard InChI is InChI=1S/C17H17ClN2O3S/c1-2-23-16-12-14(8-9-15(16)18)24(21,22)20-11-10-19-17(20)13-6-4-3-5-7-13/h3-9,12H,2,10-11H2,1H3/p+1. The van der Waals surface area contributed by atoms with Crippen LogP contribution in [0.25, 0.3) is 0 Å². The van der Waals surface area contributed by atoms with Gasteiger partial charge in [-0.05, 0) is 31.2 Å². The van der Waals surface area contributed by atoms with Crippen LogP contribution >= 0.6 is 11.6 Å². The fraction of sp³-hybridized carbons (Fsp3) is 0.235. The van der Waals surface area contributed by atoms with E-state index >= 15 is 0 Å². The SMILES string of the molecule is CCOc1cc(S(=O)(=O)[N+]2=C(c3ccccc3)NCC2)ccc1Cl. The molecule has 3 rings (SSSR count). The molecule has 0 bridgehead atoms. The second-order valence-corrected chi connectivity index (χ2v) is 7.51. The van der Waals surface area contributed by atoms with Gasteiger partial charge in [0.25, 0.3) is 5.84 Å². The van der Waals surface area contributed by atoms with Gasteiger partial charge in [-0.3, -0.25) is 5.32 Å². The molecule has 24 heavy (non-hydrogen) atoms. The summed E-state index contributed by atoms with van der Waals surface area (Å²) in [4.78, 5) is 0.160. The average molecular weight is 366 g/mol. The molecule has 0 aliphatic carbocycles. The number of hydrogen-bond acceptors (Lipinski definition) is 4. The summed E-state index contributed by atoms with van der Waals surface area (Å²) < 4.78 is 32.9. The maximum atomic E-state index is 13.1. The minimum absolute atomic E-state index is 0.160. The Morgan fingerprint density at radius 1 is 1.21 bits per heavy atom. The van der Waals surface area contributed by atoms with Crippen molar-refractivity contribution in [1.29, 1.82) is 0 Å². The molecule has 2 aromatic rings. The first-order valence-electron chi connectivity index (χ1n) is 7.65. The van der Waals surface area contributed by atoms with Crippen molar-refractivity contribution in [3.05, 3.63) is 59.1 Å². The van der Waals surface area contributed by atoms with Crippen LogP contribution in [-0.2, 0) is 10.0 Å². The van der Waals surface area contributed by atoms with Crippen molar-refractivity contribution in [3.63, 3.8) is 0 Å². The number of nitrogens with zero attached hydrogens (tertiary/aromatic N) is 1. The van der Waals surface area contributed by atoms with Crippen molar-refractivity contribution >= 4 is 27.5 Å². The summed E-state index contributed by atoms with van der Waals surface area (Å²) in [5.41, 5.74) is 0.831. The molecule has 5 nitrogen and oxygen atoms in total. The molecular weight excluding hydrogens is 348 g/mol. The maximum Gasteiger partial charge on any atom is 0.331 e. The van der Waals surface area contributed by atoms with Crippen LogP contribution in [0.15, 0.2) is 53.4 Å². The van der Waals surface area contributed by atoms with Gasteiger partial charge in [0.2, 0.25) is 0 Å². The molecule has 0 saturated carbocycles. The van der Waals surface area contributed by atoms with Gasteiger partial charge in [-0.2, -0.15) is 8.42 Å². The van der Waals surface area contributed by atoms with Crippen LogP contribution in [0.3, 0.4) is 0 Å². The van der Waals surface area contributed by atoms with E-state index in [4.69, 9.17) is 16.3 Å². The Balaban J connectivity index is 2.09. The Hall–Kier alpha value is -2.05. The van der Waals surface area contributed by atoms with E-state index in [0.29, 0.717) is 36.3 Å². The molecule has 126 valence electrons. The number of hydrogen-bond donors (Lipinski definition) is 1. The molecular formula is C17H18ClN2O3S+. The second kappa shape index (κ2) is 6.83. The van der Waals surface area contributed by atoms with Gasteiger partial charge < -0.3 is 4.74 Å². The zero-order valence-corrected chi connectivity index (χ0v) is 14.8. The molecule has 1 N–H and O–H groups in total. The fourth-order valence-electron chi connectivity index (χ4n) is 2.60. The lowest BCUT2D eigenvalue weighted by atomic mass is 10.2. The van der Waals surface area contributed by atoms with Crippen LogP contribution in [0.4, 0.5) is 0 Å². The monoisotopic (exact) mass is 365 g/mol. The summed E-state index contributed by atoms with van der Waals surface area (Å²) in [6.07, 6.45) is 0. The molecule has 0 saturated heterocycles. The minimum Gasteiger partial charge on any atom is -0.492 e. The molecule has 0 unspecified atom stereocenters. The van der Waals surface area contributed by atoms with Crippen LogP contribution in [0.5, 0.6) is 5.75 Å². The Morgan fingerprint density at radius 3 is 2.67 bits per heavy atom. The summed E-state index contributed by atoms with van der Waals surface area (Å²) in [5.74, 6) is 0.956. The van der Waals surface area contributed by atoms with Crippen molar-refractivity contribution < 1.29 is 17.1 Å². The lowest BCUT2D eigenvalue weighted by Gasteiger charge is -2.09. The lowest BCUT2D eigenvalue weighted by molar-refractivity contribution is -0.352. The minimum atomic E-state index is -3.70. The van der Waals surface area contributed by atoms with E-state index in [-0.39, 0.29) is 4.90 Å². The Morgan fingerprint density at radius 2 is 1.96 bits per heavy atom. The molecule has 0 radical (unpaired) electrons. The highest BCUT2D eigenvalue weighted by molar-refractivity contribution is 7.85. The molecule has 2 aromatic carbocycles. The summed E-state index contributed by atoms with van der Waals surface area (Å²) in [6, 6.07) is 13.9. The smallest absolute Gasteiger partial charge is 0.331 e. The highest BCUT2D eigenvalue weighted by Gasteiger charge is 2.34. The quantitative estimate of drug-likeness (QED) is 0.827. The summed E-state index contributed by atoms with van der Waals surface area (Å²) in [5, 5.41) is 3.55. The number of halogens is 1. The number of nitrogens with one attached hydrogen (secondary N) is 1. The number of ether oxygens (including phenoxy) is 1. The first kappa shape index (κ1) is 16.8. The Labute approximate surface area is 146 Å². The summed E-state index contributed by atoms with van der Waals surface area (Å²) in [6.45, 7) is 3.17. The van der Waals surface area contributed by atoms with Gasteiger partial charge in [0.1, 0.15) is 23.7 Å². The van der Waals surface area contributed by atoms with Crippen LogP contribution < -0.4 is 10.1 Å². The van der Waals surface area contributed by atoms with E-state index < -0.39 is 10.0 Å². The predicted octanol–water partition coefficient (Wildman–Crippen LogP) is 2.49. The Bertz CT molecular complexity index is 880. The summed E-state index contributed by atoms with van der Waals surface area (Å²) in [7, 11) is -3.70. The van der Waals surface area contributed by atoms with E-state index in [1.807, 2.05) is 37.3 Å². The third kappa shape index (κ3) is 3.12. The van der Waals surface area contributed by atoms with Crippen LogP contribution in [0.1, 0.15) is 12.5 Å². The zero-order chi connectivity index (χ0) is 17.2. The Kier molecular flexibility index (Phi) is 4.78. The van der Waals surface area contributed by atoms with Gasteiger partial charge in [0.15, 0.2) is 0 Å². The van der Waals surface area contributed by atoms with E-state index in [1.54, 1.807) is 6.07 Å². The third-order valence-electron chi connectivity index (χ3n) is 3.69. The van der Waals surface area contributed by atoms with Crippen molar-refractivity contribution in [3.8, 4) is 5.75 Å². The highest BCUT2D eigenvalue weighted by Crippen LogP contribution is 2.28. The van der Waals surface area contributed by atoms with Crippen molar-refractivity contribution in [1.82, 2.24) is 5.32 Å². The largest absolute Gasteiger partial charge is 0.492 e. The topological polar surface area (TPSA) is 58.4 Å². The molecule has 1 heterocycles. The van der Waals surface area contributed by atoms with Gasteiger partial charge in [-0.25, -0.2) is 0 Å². The van der Waals surface area contributed by atoms with Gasteiger partial charge in [0, 0.05) is 6.07 Å². The zero-order valence-electron chi connectivity index (χ0n) is 13.2. The molecule has 0 aromatic heterocycles. The van der Waals surface area contributed by atoms with Gasteiger partial charge >= 0.3 is 10.0 Å². The van der Waals surface area contributed by atoms with Crippen LogP contribution in [0.2, 0.25) is 5.02 Å². The number of sulfonamides is 1. The molecule has 0 atom stereocenters. The number of amidine groups is 1. The number of rotatable bonds is 5. The van der Waals surface area contributed by atoms with Crippen molar-refractivity contribution in [2.45, 2.75) is 11.8 Å². The maximum absolute atomic E-state index is 13.1. The van der Waals surface area contributed by atoms with Crippen molar-refractivity contribution in [2.75, 3.05) is 19.7 Å². The molecule has 0 spiro atoms. The molecule has 0 fully saturated rings. The van der Waals surface area contributed by atoms with Crippen molar-refractivity contribution in [2.24, 2.45) is 0 Å². The normalized spacial score (nSPS) is 14.6. The number of benzene rings is 2. The molecule has 0 amide bonds. The van der Waals surface area contributed by atoms with Crippen LogP contribution in [-0.4, -0.2) is 37.9 Å². The van der Waals surface area contributed by atoms with E-state index in [9.17, 15) is 8.42 Å². The molecule has 1 aliphatic heterocycles. The third-order valence-corrected chi connectivity index (χ3v) is 5.80. The van der Waals surface area contributed by atoms with Gasteiger partial charge in [0.05, 0.1) is 17.2 Å². The first-order chi connectivity index (χ1) is 11.5. The fourth-order valence-corrected chi connectivity index (χ4v) is 4.26. The van der Waals surface area contributed by atoms with Gasteiger partial charge in [-0.1, -0.05) is 29.8 Å². The van der Waals surface area contributed by atoms with Crippen LogP contribution in [0, 0.1) is 0 Å². The predicted molar refractivity (Wildman–Crippen MR) is 93.5 cm³/mol. The summed E-state index contributed by atoms with van der Waals surface area (Å²) >= 11 is 6.06. The first-order valence-corrected chi connectivity index (χ1v) is 9.47. The highest BCUT2D eigenvalue weighted by atomic mass is 35.5. The molecule has 1 aliphatic rings. The second-order valence-electron chi connectivity index (χ2n) is 5.24. The van der Waals surface area contributed by atoms with E-state index in [0.717, 1.165) is 5.56 Å². The molecule has 7 heteroatoms. The van der Waals surface area contributed by atoms with E-state index in [1.165, 1.54) is 16.1 Å².